The molecule has 0 saturated heterocycles. The number of pyridine rings is 1. The van der Waals surface area contributed by atoms with Crippen LogP contribution in [-0.2, 0) is 25.6 Å². The highest BCUT2D eigenvalue weighted by atomic mass is 35.5. The molecular formula is C12H15ClN2O4. The molecule has 0 aliphatic heterocycles. The Labute approximate surface area is 116 Å². The molecule has 0 fully saturated rings. The van der Waals surface area contributed by atoms with Gasteiger partial charge in [-0.05, 0) is 12.1 Å². The van der Waals surface area contributed by atoms with Gasteiger partial charge in [0.2, 0.25) is 0 Å². The quantitative estimate of drug-likeness (QED) is 0.723. The standard InChI is InChI=1S/C12H15ClN2O4/c1-18-11(16)7-15(8-12(17)19-2)6-10-5-9(13)3-4-14-10/h3-5H,6-8H2,1-2H3. The van der Waals surface area contributed by atoms with Crippen molar-refractivity contribution < 1.29 is 19.1 Å². The average Bonchev–Trinajstić information content (AvgIpc) is 2.38. The Kier molecular flexibility index (Phi) is 6.24. The Morgan fingerprint density at radius 2 is 1.84 bits per heavy atom. The number of nitrogens with zero attached hydrogens (tertiary/aromatic N) is 2. The minimum atomic E-state index is -0.439. The molecule has 0 saturated carbocycles. The van der Waals surface area contributed by atoms with Crippen molar-refractivity contribution in [1.82, 2.24) is 9.88 Å². The van der Waals surface area contributed by atoms with Gasteiger partial charge in [-0.15, -0.1) is 0 Å². The average molecular weight is 287 g/mol. The molecule has 1 rings (SSSR count). The number of hydrogen-bond donors (Lipinski definition) is 0. The number of carbonyl (C=O) groups is 2. The highest BCUT2D eigenvalue weighted by Crippen LogP contribution is 2.10. The van der Waals surface area contributed by atoms with Gasteiger partial charge in [0, 0.05) is 17.8 Å². The van der Waals surface area contributed by atoms with Crippen LogP contribution < -0.4 is 0 Å². The van der Waals surface area contributed by atoms with E-state index in [-0.39, 0.29) is 13.1 Å². The third-order valence-electron chi connectivity index (χ3n) is 2.32. The largest absolute Gasteiger partial charge is 0.468 e. The fourth-order valence-electron chi connectivity index (χ4n) is 1.43. The van der Waals surface area contributed by atoms with Gasteiger partial charge in [-0.25, -0.2) is 0 Å². The van der Waals surface area contributed by atoms with Crippen LogP contribution in [0, 0.1) is 0 Å². The van der Waals surface area contributed by atoms with Gasteiger partial charge < -0.3 is 9.47 Å². The Morgan fingerprint density at radius 1 is 1.26 bits per heavy atom. The maximum absolute atomic E-state index is 11.3. The second-order valence-corrected chi connectivity index (χ2v) is 4.20. The molecule has 0 amide bonds. The van der Waals surface area contributed by atoms with Crippen molar-refractivity contribution in [1.29, 1.82) is 0 Å². The number of halogens is 1. The first-order chi connectivity index (χ1) is 9.05. The summed E-state index contributed by atoms with van der Waals surface area (Å²) in [6.45, 7) is 0.240. The van der Waals surface area contributed by atoms with Gasteiger partial charge in [0.1, 0.15) is 0 Å². The van der Waals surface area contributed by atoms with E-state index >= 15 is 0 Å². The summed E-state index contributed by atoms with van der Waals surface area (Å²) in [6.07, 6.45) is 1.56. The summed E-state index contributed by atoms with van der Waals surface area (Å²) in [7, 11) is 2.58. The number of carbonyl (C=O) groups excluding carboxylic acids is 2. The summed E-state index contributed by atoms with van der Waals surface area (Å²) < 4.78 is 9.16. The lowest BCUT2D eigenvalue weighted by atomic mass is 10.3. The zero-order chi connectivity index (χ0) is 14.3. The zero-order valence-corrected chi connectivity index (χ0v) is 11.5. The number of aromatic nitrogens is 1. The van der Waals surface area contributed by atoms with Crippen molar-refractivity contribution in [3.05, 3.63) is 29.0 Å². The van der Waals surface area contributed by atoms with Crippen molar-refractivity contribution >= 4 is 23.5 Å². The predicted molar refractivity (Wildman–Crippen MR) is 68.6 cm³/mol. The summed E-state index contributed by atoms with van der Waals surface area (Å²) in [6, 6.07) is 3.32. The minimum absolute atomic E-state index is 0.0280. The van der Waals surface area contributed by atoms with E-state index in [2.05, 4.69) is 14.5 Å². The summed E-state index contributed by atoms with van der Waals surface area (Å²) in [5.74, 6) is -0.878. The van der Waals surface area contributed by atoms with E-state index in [1.54, 1.807) is 23.2 Å². The van der Waals surface area contributed by atoms with Gasteiger partial charge in [-0.2, -0.15) is 0 Å². The van der Waals surface area contributed by atoms with Crippen molar-refractivity contribution in [3.63, 3.8) is 0 Å². The molecule has 0 aliphatic rings. The summed E-state index contributed by atoms with van der Waals surface area (Å²) in [4.78, 5) is 28.3. The third-order valence-corrected chi connectivity index (χ3v) is 2.56. The van der Waals surface area contributed by atoms with Crippen molar-refractivity contribution in [2.24, 2.45) is 0 Å². The predicted octanol–water partition coefficient (Wildman–Crippen LogP) is 0.883. The van der Waals surface area contributed by atoms with Crippen LogP contribution in [0.1, 0.15) is 5.69 Å². The molecule has 1 heterocycles. The van der Waals surface area contributed by atoms with E-state index in [1.165, 1.54) is 14.2 Å². The first-order valence-electron chi connectivity index (χ1n) is 5.51. The molecule has 0 radical (unpaired) electrons. The Balaban J connectivity index is 2.72. The molecule has 0 aromatic carbocycles. The highest BCUT2D eigenvalue weighted by molar-refractivity contribution is 6.30. The normalized spacial score (nSPS) is 10.3. The lowest BCUT2D eigenvalue weighted by Gasteiger charge is -2.19. The second-order valence-electron chi connectivity index (χ2n) is 3.76. The molecule has 0 atom stereocenters. The maximum Gasteiger partial charge on any atom is 0.319 e. The molecule has 6 nitrogen and oxygen atoms in total. The van der Waals surface area contributed by atoms with Crippen LogP contribution >= 0.6 is 11.6 Å². The van der Waals surface area contributed by atoms with Crippen LogP contribution in [0.5, 0.6) is 0 Å². The maximum atomic E-state index is 11.3. The Bertz CT molecular complexity index is 435. The number of esters is 2. The highest BCUT2D eigenvalue weighted by Gasteiger charge is 2.16. The van der Waals surface area contributed by atoms with Gasteiger partial charge in [-0.1, -0.05) is 11.6 Å². The third kappa shape index (κ3) is 5.67. The van der Waals surface area contributed by atoms with E-state index in [1.807, 2.05) is 0 Å². The number of methoxy groups -OCH3 is 2. The molecular weight excluding hydrogens is 272 g/mol. The monoisotopic (exact) mass is 286 g/mol. The van der Waals surface area contributed by atoms with Gasteiger partial charge in [0.25, 0.3) is 0 Å². The molecule has 0 spiro atoms. The summed E-state index contributed by atoms with van der Waals surface area (Å²) in [5, 5.41) is 0.543. The minimum Gasteiger partial charge on any atom is -0.468 e. The van der Waals surface area contributed by atoms with Crippen molar-refractivity contribution in [3.8, 4) is 0 Å². The topological polar surface area (TPSA) is 68.7 Å². The van der Waals surface area contributed by atoms with Crippen LogP contribution in [0.4, 0.5) is 0 Å². The van der Waals surface area contributed by atoms with Crippen molar-refractivity contribution in [2.75, 3.05) is 27.3 Å². The Morgan fingerprint density at radius 3 is 2.32 bits per heavy atom. The smallest absolute Gasteiger partial charge is 0.319 e. The first-order valence-corrected chi connectivity index (χ1v) is 5.89. The van der Waals surface area contributed by atoms with Crippen LogP contribution in [0.3, 0.4) is 0 Å². The number of rotatable bonds is 6. The summed E-state index contributed by atoms with van der Waals surface area (Å²) in [5.41, 5.74) is 0.653. The fourth-order valence-corrected chi connectivity index (χ4v) is 1.61. The fraction of sp³-hybridized carbons (Fsp3) is 0.417. The van der Waals surface area contributed by atoms with Crippen molar-refractivity contribution in [2.45, 2.75) is 6.54 Å². The first kappa shape index (κ1) is 15.4. The molecule has 0 aliphatic carbocycles. The van der Waals surface area contributed by atoms with Crippen LogP contribution in [0.25, 0.3) is 0 Å². The Hall–Kier alpha value is -1.66. The van der Waals surface area contributed by atoms with Crippen LogP contribution in [-0.4, -0.2) is 49.1 Å². The molecule has 7 heteroatoms. The van der Waals surface area contributed by atoms with E-state index in [0.717, 1.165) is 0 Å². The SMILES string of the molecule is COC(=O)CN(CC(=O)OC)Cc1cc(Cl)ccn1. The number of ether oxygens (including phenoxy) is 2. The van der Waals surface area contributed by atoms with Gasteiger partial charge in [0.15, 0.2) is 0 Å². The zero-order valence-electron chi connectivity index (χ0n) is 10.8. The van der Waals surface area contributed by atoms with Crippen LogP contribution in [0.2, 0.25) is 5.02 Å². The molecule has 19 heavy (non-hydrogen) atoms. The lowest BCUT2D eigenvalue weighted by Crippen LogP contribution is -2.35. The molecule has 104 valence electrons. The molecule has 0 N–H and O–H groups in total. The van der Waals surface area contributed by atoms with E-state index < -0.39 is 11.9 Å². The molecule has 1 aromatic heterocycles. The second kappa shape index (κ2) is 7.70. The van der Waals surface area contributed by atoms with E-state index in [4.69, 9.17) is 11.6 Å². The molecule has 0 bridgehead atoms. The van der Waals surface area contributed by atoms with Crippen LogP contribution in [0.15, 0.2) is 18.3 Å². The number of hydrogen-bond acceptors (Lipinski definition) is 6. The van der Waals surface area contributed by atoms with E-state index in [0.29, 0.717) is 17.3 Å². The van der Waals surface area contributed by atoms with Gasteiger partial charge in [-0.3, -0.25) is 19.5 Å². The molecule has 1 aromatic rings. The lowest BCUT2D eigenvalue weighted by molar-refractivity contribution is -0.145. The summed E-state index contributed by atoms with van der Waals surface area (Å²) >= 11 is 5.85. The van der Waals surface area contributed by atoms with Gasteiger partial charge in [0.05, 0.1) is 33.0 Å². The van der Waals surface area contributed by atoms with Gasteiger partial charge >= 0.3 is 11.9 Å². The van der Waals surface area contributed by atoms with E-state index in [9.17, 15) is 9.59 Å². The molecule has 0 unspecified atom stereocenters.